The molecule has 0 bridgehead atoms. The fourth-order valence-corrected chi connectivity index (χ4v) is 4.80. The van der Waals surface area contributed by atoms with Crippen LogP contribution >= 0.6 is 0 Å². The third-order valence-corrected chi connectivity index (χ3v) is 6.60. The van der Waals surface area contributed by atoms with Gasteiger partial charge in [-0.05, 0) is 30.7 Å². The number of nitrogens with one attached hydrogen (secondary N) is 1. The van der Waals surface area contributed by atoms with Crippen LogP contribution in [0.3, 0.4) is 0 Å². The van der Waals surface area contributed by atoms with E-state index in [1.165, 1.54) is 0 Å². The van der Waals surface area contributed by atoms with Crippen molar-refractivity contribution in [1.82, 2.24) is 29.5 Å². The zero-order valence-corrected chi connectivity index (χ0v) is 17.0. The number of oxazole rings is 1. The average molecular weight is 425 g/mol. The van der Waals surface area contributed by atoms with Crippen molar-refractivity contribution in [3.63, 3.8) is 0 Å². The molecule has 5 rings (SSSR count). The normalized spacial score (nSPS) is 17.1. The number of rotatable bonds is 5. The number of hydrogen-bond acceptors (Lipinski definition) is 8. The van der Waals surface area contributed by atoms with E-state index < -0.39 is 10.0 Å². The maximum Gasteiger partial charge on any atom is 0.240 e. The lowest BCUT2D eigenvalue weighted by atomic mass is 10.2. The summed E-state index contributed by atoms with van der Waals surface area (Å²) in [5.74, 6) is 1.32. The molecule has 10 nitrogen and oxygen atoms in total. The van der Waals surface area contributed by atoms with Gasteiger partial charge in [-0.15, -0.1) is 15.3 Å². The Labute approximate surface area is 172 Å². The summed E-state index contributed by atoms with van der Waals surface area (Å²) in [6.45, 7) is 3.01. The second-order valence-corrected chi connectivity index (χ2v) is 8.87. The van der Waals surface area contributed by atoms with Gasteiger partial charge in [0.15, 0.2) is 11.5 Å². The summed E-state index contributed by atoms with van der Waals surface area (Å²) >= 11 is 0. The number of fused-ring (bicyclic) bond motifs is 1. The first-order valence-corrected chi connectivity index (χ1v) is 10.9. The van der Waals surface area contributed by atoms with Crippen LogP contribution in [0, 0.1) is 6.92 Å². The predicted octanol–water partition coefficient (Wildman–Crippen LogP) is 1.64. The number of aryl methyl sites for hydroxylation is 1. The zero-order chi connectivity index (χ0) is 20.7. The molecule has 4 heterocycles. The molecule has 1 unspecified atom stereocenters. The summed E-state index contributed by atoms with van der Waals surface area (Å²) in [4.78, 5) is 6.52. The summed E-state index contributed by atoms with van der Waals surface area (Å²) < 4.78 is 35.3. The Hall–Kier alpha value is -3.31. The highest BCUT2D eigenvalue weighted by atomic mass is 32.2. The molecule has 154 valence electrons. The van der Waals surface area contributed by atoms with Crippen molar-refractivity contribution in [1.29, 1.82) is 0 Å². The van der Waals surface area contributed by atoms with Gasteiger partial charge in [-0.3, -0.25) is 0 Å². The molecule has 4 aromatic rings. The largest absolute Gasteiger partial charge is 0.449 e. The Balaban J connectivity index is 1.28. The Morgan fingerprint density at radius 3 is 2.77 bits per heavy atom. The van der Waals surface area contributed by atoms with E-state index in [9.17, 15) is 8.42 Å². The topological polar surface area (TPSA) is 119 Å². The third kappa shape index (κ3) is 3.53. The first kappa shape index (κ1) is 18.7. The SMILES string of the molecule is Cc1nc(-c2ccc(S(=O)(=O)NC3CCN(c4ccc5nncn5n4)C3)cc2)co1. The fraction of sp³-hybridized carbons (Fsp3) is 0.263. The van der Waals surface area contributed by atoms with Crippen molar-refractivity contribution in [3.05, 3.63) is 54.9 Å². The monoisotopic (exact) mass is 425 g/mol. The Morgan fingerprint density at radius 1 is 1.17 bits per heavy atom. The summed E-state index contributed by atoms with van der Waals surface area (Å²) in [6.07, 6.45) is 3.78. The average Bonchev–Trinajstić information content (AvgIpc) is 3.48. The molecular formula is C19H19N7O3S. The van der Waals surface area contributed by atoms with Crippen LogP contribution in [0.1, 0.15) is 12.3 Å². The van der Waals surface area contributed by atoms with Gasteiger partial charge in [-0.25, -0.2) is 18.1 Å². The van der Waals surface area contributed by atoms with Crippen molar-refractivity contribution in [2.75, 3.05) is 18.0 Å². The highest BCUT2D eigenvalue weighted by Crippen LogP contribution is 2.23. The number of aromatic nitrogens is 5. The van der Waals surface area contributed by atoms with E-state index in [2.05, 4.69) is 25.0 Å². The molecule has 1 aliphatic rings. The molecule has 0 saturated carbocycles. The smallest absolute Gasteiger partial charge is 0.240 e. The van der Waals surface area contributed by atoms with Gasteiger partial charge in [0.25, 0.3) is 0 Å². The van der Waals surface area contributed by atoms with Gasteiger partial charge in [0.05, 0.1) is 4.90 Å². The number of sulfonamides is 1. The van der Waals surface area contributed by atoms with Crippen LogP contribution in [0.4, 0.5) is 5.82 Å². The predicted molar refractivity (Wildman–Crippen MR) is 108 cm³/mol. The molecule has 0 spiro atoms. The van der Waals surface area contributed by atoms with Crippen LogP contribution in [0.2, 0.25) is 0 Å². The van der Waals surface area contributed by atoms with Crippen molar-refractivity contribution in [3.8, 4) is 11.3 Å². The van der Waals surface area contributed by atoms with Gasteiger partial charge in [0.1, 0.15) is 24.1 Å². The van der Waals surface area contributed by atoms with E-state index in [0.29, 0.717) is 36.7 Å². The number of hydrogen-bond donors (Lipinski definition) is 1. The summed E-state index contributed by atoms with van der Waals surface area (Å²) in [6, 6.07) is 10.1. The fourth-order valence-electron chi connectivity index (χ4n) is 3.54. The van der Waals surface area contributed by atoms with Crippen LogP contribution in [-0.4, -0.2) is 52.3 Å². The van der Waals surface area contributed by atoms with E-state index in [0.717, 1.165) is 11.4 Å². The molecule has 1 aliphatic heterocycles. The van der Waals surface area contributed by atoms with Crippen molar-refractivity contribution < 1.29 is 12.8 Å². The molecule has 3 aromatic heterocycles. The van der Waals surface area contributed by atoms with Gasteiger partial charge in [-0.2, -0.15) is 4.52 Å². The molecule has 1 fully saturated rings. The quantitative estimate of drug-likeness (QED) is 0.513. The van der Waals surface area contributed by atoms with E-state index in [4.69, 9.17) is 4.42 Å². The van der Waals surface area contributed by atoms with E-state index in [1.807, 2.05) is 17.0 Å². The third-order valence-electron chi connectivity index (χ3n) is 5.06. The molecule has 30 heavy (non-hydrogen) atoms. The Morgan fingerprint density at radius 2 is 2.00 bits per heavy atom. The lowest BCUT2D eigenvalue weighted by Gasteiger charge is -2.18. The lowest BCUT2D eigenvalue weighted by molar-refractivity contribution is 0.521. The van der Waals surface area contributed by atoms with Gasteiger partial charge in [-0.1, -0.05) is 12.1 Å². The van der Waals surface area contributed by atoms with Crippen molar-refractivity contribution >= 4 is 21.5 Å². The number of benzene rings is 1. The van der Waals surface area contributed by atoms with Crippen LogP contribution in [-0.2, 0) is 10.0 Å². The van der Waals surface area contributed by atoms with E-state index >= 15 is 0 Å². The maximum absolute atomic E-state index is 12.8. The minimum atomic E-state index is -3.63. The first-order valence-electron chi connectivity index (χ1n) is 9.45. The molecule has 0 amide bonds. The zero-order valence-electron chi connectivity index (χ0n) is 16.1. The van der Waals surface area contributed by atoms with Crippen molar-refractivity contribution in [2.24, 2.45) is 0 Å². The Bertz CT molecular complexity index is 1300. The van der Waals surface area contributed by atoms with Crippen LogP contribution < -0.4 is 9.62 Å². The minimum absolute atomic E-state index is 0.203. The standard InChI is InChI=1S/C19H19N7O3S/c1-13-21-17(11-29-13)14-2-4-16(5-3-14)30(27,28)24-15-8-9-25(10-15)19-7-6-18-22-20-12-26(18)23-19/h2-7,11-12,15,24H,8-10H2,1H3. The molecule has 1 atom stereocenters. The molecule has 1 N–H and O–H groups in total. The molecule has 1 saturated heterocycles. The number of anilines is 1. The van der Waals surface area contributed by atoms with Gasteiger partial charge < -0.3 is 9.32 Å². The number of nitrogens with zero attached hydrogens (tertiary/aromatic N) is 6. The molecule has 0 radical (unpaired) electrons. The first-order chi connectivity index (χ1) is 14.5. The highest BCUT2D eigenvalue weighted by Gasteiger charge is 2.28. The van der Waals surface area contributed by atoms with Crippen LogP contribution in [0.25, 0.3) is 16.9 Å². The second-order valence-electron chi connectivity index (χ2n) is 7.15. The summed E-state index contributed by atoms with van der Waals surface area (Å²) in [5, 5.41) is 12.2. The molecule has 1 aromatic carbocycles. The van der Waals surface area contributed by atoms with Gasteiger partial charge in [0, 0.05) is 31.6 Å². The molecule has 11 heteroatoms. The highest BCUT2D eigenvalue weighted by molar-refractivity contribution is 7.89. The molecule has 0 aliphatic carbocycles. The Kier molecular flexibility index (Phi) is 4.48. The van der Waals surface area contributed by atoms with E-state index in [1.54, 1.807) is 48.3 Å². The van der Waals surface area contributed by atoms with Gasteiger partial charge in [0.2, 0.25) is 10.0 Å². The maximum atomic E-state index is 12.8. The van der Waals surface area contributed by atoms with Gasteiger partial charge >= 0.3 is 0 Å². The molecular weight excluding hydrogens is 406 g/mol. The van der Waals surface area contributed by atoms with Crippen LogP contribution in [0.5, 0.6) is 0 Å². The minimum Gasteiger partial charge on any atom is -0.449 e. The summed E-state index contributed by atoms with van der Waals surface area (Å²) in [5.41, 5.74) is 2.14. The lowest BCUT2D eigenvalue weighted by Crippen LogP contribution is -2.37. The second kappa shape index (κ2) is 7.18. The summed E-state index contributed by atoms with van der Waals surface area (Å²) in [7, 11) is -3.63. The van der Waals surface area contributed by atoms with Crippen molar-refractivity contribution in [2.45, 2.75) is 24.3 Å². The van der Waals surface area contributed by atoms with Crippen LogP contribution in [0.15, 0.2) is 58.3 Å². The van der Waals surface area contributed by atoms with E-state index in [-0.39, 0.29) is 10.9 Å².